The summed E-state index contributed by atoms with van der Waals surface area (Å²) in [5.41, 5.74) is 5.17. The lowest BCUT2D eigenvalue weighted by Gasteiger charge is -2.03. The SMILES string of the molecule is Cc1nc2nc(N)n(C)c(=O)c2[nH]c1=O. The molecule has 0 bridgehead atoms. The molecule has 0 aromatic carbocycles. The van der Waals surface area contributed by atoms with E-state index in [9.17, 15) is 9.59 Å². The average molecular weight is 207 g/mol. The molecule has 0 radical (unpaired) electrons. The fraction of sp³-hybridized carbons (Fsp3) is 0.250. The first-order valence-electron chi connectivity index (χ1n) is 4.24. The number of anilines is 1. The third-order valence-electron chi connectivity index (χ3n) is 2.15. The molecular formula is C8H9N5O2. The predicted octanol–water partition coefficient (Wildman–Crippen LogP) is -1.09. The number of hydrogen-bond acceptors (Lipinski definition) is 5. The summed E-state index contributed by atoms with van der Waals surface area (Å²) in [5.74, 6) is 0.0615. The van der Waals surface area contributed by atoms with Gasteiger partial charge in [-0.2, -0.15) is 4.98 Å². The van der Waals surface area contributed by atoms with E-state index < -0.39 is 11.1 Å². The minimum Gasteiger partial charge on any atom is -0.369 e. The molecule has 2 aromatic heterocycles. The van der Waals surface area contributed by atoms with Gasteiger partial charge in [-0.05, 0) is 6.92 Å². The molecule has 7 heteroatoms. The second-order valence-electron chi connectivity index (χ2n) is 3.18. The molecule has 78 valence electrons. The molecule has 0 aliphatic heterocycles. The predicted molar refractivity (Wildman–Crippen MR) is 54.5 cm³/mol. The summed E-state index contributed by atoms with van der Waals surface area (Å²) < 4.78 is 1.15. The molecule has 3 N–H and O–H groups in total. The van der Waals surface area contributed by atoms with Gasteiger partial charge in [0.2, 0.25) is 5.95 Å². The highest BCUT2D eigenvalue weighted by Gasteiger charge is 2.08. The summed E-state index contributed by atoms with van der Waals surface area (Å²) in [5, 5.41) is 0. The second-order valence-corrected chi connectivity index (χ2v) is 3.18. The van der Waals surface area contributed by atoms with Gasteiger partial charge in [0.05, 0.1) is 0 Å². The van der Waals surface area contributed by atoms with E-state index in [4.69, 9.17) is 5.73 Å². The number of nitrogen functional groups attached to an aromatic ring is 1. The zero-order valence-electron chi connectivity index (χ0n) is 8.24. The average Bonchev–Trinajstić information content (AvgIpc) is 2.19. The highest BCUT2D eigenvalue weighted by atomic mass is 16.1. The summed E-state index contributed by atoms with van der Waals surface area (Å²) in [6.07, 6.45) is 0. The first kappa shape index (κ1) is 9.38. The number of nitrogens with zero attached hydrogens (tertiary/aromatic N) is 3. The van der Waals surface area contributed by atoms with Crippen LogP contribution < -0.4 is 16.9 Å². The number of hydrogen-bond donors (Lipinski definition) is 2. The van der Waals surface area contributed by atoms with Crippen molar-refractivity contribution in [2.45, 2.75) is 6.92 Å². The van der Waals surface area contributed by atoms with Crippen molar-refractivity contribution < 1.29 is 0 Å². The van der Waals surface area contributed by atoms with Crippen LogP contribution >= 0.6 is 0 Å². The molecule has 0 unspecified atom stereocenters. The number of rotatable bonds is 0. The molecule has 0 fully saturated rings. The fourth-order valence-corrected chi connectivity index (χ4v) is 1.21. The van der Waals surface area contributed by atoms with E-state index >= 15 is 0 Å². The zero-order chi connectivity index (χ0) is 11.2. The molecule has 0 saturated carbocycles. The Morgan fingerprint density at radius 2 is 2.00 bits per heavy atom. The Balaban J connectivity index is 3.07. The van der Waals surface area contributed by atoms with E-state index in [-0.39, 0.29) is 22.8 Å². The van der Waals surface area contributed by atoms with Gasteiger partial charge in [-0.1, -0.05) is 0 Å². The Morgan fingerprint density at radius 3 is 2.67 bits per heavy atom. The van der Waals surface area contributed by atoms with Gasteiger partial charge in [-0.25, -0.2) is 4.98 Å². The topological polar surface area (TPSA) is 107 Å². The Hall–Kier alpha value is -2.18. The maximum absolute atomic E-state index is 11.6. The van der Waals surface area contributed by atoms with Gasteiger partial charge >= 0.3 is 0 Å². The number of nitrogens with one attached hydrogen (secondary N) is 1. The van der Waals surface area contributed by atoms with Crippen LogP contribution in [-0.2, 0) is 7.05 Å². The maximum atomic E-state index is 11.6. The summed E-state index contributed by atoms with van der Waals surface area (Å²) >= 11 is 0. The second kappa shape index (κ2) is 2.91. The first-order chi connectivity index (χ1) is 7.00. The van der Waals surface area contributed by atoms with Crippen LogP contribution in [-0.4, -0.2) is 19.5 Å². The molecule has 15 heavy (non-hydrogen) atoms. The van der Waals surface area contributed by atoms with Crippen molar-refractivity contribution in [2.75, 3.05) is 5.73 Å². The number of aromatic amines is 1. The van der Waals surface area contributed by atoms with E-state index in [1.165, 1.54) is 14.0 Å². The van der Waals surface area contributed by atoms with E-state index in [1.54, 1.807) is 0 Å². The molecule has 2 aromatic rings. The van der Waals surface area contributed by atoms with Gasteiger partial charge < -0.3 is 10.7 Å². The number of fused-ring (bicyclic) bond motifs is 1. The highest BCUT2D eigenvalue weighted by Crippen LogP contribution is 2.01. The standard InChI is InChI=1S/C8H9N5O2/c1-3-6(14)11-4-5(10-3)12-8(9)13(2)7(4)15/h1-2H3,(H,11,14)(H2,9,10,12). The van der Waals surface area contributed by atoms with Crippen LogP contribution in [0.5, 0.6) is 0 Å². The molecule has 0 saturated heterocycles. The molecule has 0 amide bonds. The van der Waals surface area contributed by atoms with Gasteiger partial charge in [-0.3, -0.25) is 14.2 Å². The molecule has 0 aliphatic rings. The highest BCUT2D eigenvalue weighted by molar-refractivity contribution is 5.69. The summed E-state index contributed by atoms with van der Waals surface area (Å²) in [6, 6.07) is 0. The van der Waals surface area contributed by atoms with E-state index in [2.05, 4.69) is 15.0 Å². The Kier molecular flexibility index (Phi) is 1.82. The summed E-state index contributed by atoms with van der Waals surface area (Å²) in [7, 11) is 1.47. The van der Waals surface area contributed by atoms with Gasteiger partial charge in [0.1, 0.15) is 5.69 Å². The van der Waals surface area contributed by atoms with Crippen molar-refractivity contribution >= 4 is 17.1 Å². The van der Waals surface area contributed by atoms with Crippen LogP contribution in [0.3, 0.4) is 0 Å². The van der Waals surface area contributed by atoms with Crippen molar-refractivity contribution in [3.8, 4) is 0 Å². The Morgan fingerprint density at radius 1 is 1.33 bits per heavy atom. The van der Waals surface area contributed by atoms with Crippen molar-refractivity contribution in [1.29, 1.82) is 0 Å². The first-order valence-corrected chi connectivity index (χ1v) is 4.24. The molecule has 2 rings (SSSR count). The summed E-state index contributed by atoms with van der Waals surface area (Å²) in [6.45, 7) is 1.54. The van der Waals surface area contributed by atoms with Gasteiger partial charge in [0, 0.05) is 7.05 Å². The third-order valence-corrected chi connectivity index (χ3v) is 2.15. The Bertz CT molecular complexity index is 654. The van der Waals surface area contributed by atoms with Crippen LogP contribution in [0.15, 0.2) is 9.59 Å². The molecule has 0 aliphatic carbocycles. The lowest BCUT2D eigenvalue weighted by Crippen LogP contribution is -2.26. The van der Waals surface area contributed by atoms with E-state index in [1.807, 2.05) is 0 Å². The zero-order valence-corrected chi connectivity index (χ0v) is 8.24. The number of aromatic nitrogens is 4. The van der Waals surface area contributed by atoms with Crippen LogP contribution in [0.1, 0.15) is 5.69 Å². The van der Waals surface area contributed by atoms with Crippen LogP contribution in [0.25, 0.3) is 11.2 Å². The van der Waals surface area contributed by atoms with Crippen molar-refractivity contribution in [3.63, 3.8) is 0 Å². The van der Waals surface area contributed by atoms with Crippen molar-refractivity contribution in [1.82, 2.24) is 19.5 Å². The van der Waals surface area contributed by atoms with Crippen LogP contribution in [0.4, 0.5) is 5.95 Å². The minimum absolute atomic E-state index is 0.0615. The molecule has 2 heterocycles. The molecule has 0 spiro atoms. The minimum atomic E-state index is -0.415. The van der Waals surface area contributed by atoms with Gasteiger partial charge in [0.25, 0.3) is 11.1 Å². The van der Waals surface area contributed by atoms with Gasteiger partial charge in [-0.15, -0.1) is 0 Å². The monoisotopic (exact) mass is 207 g/mol. The van der Waals surface area contributed by atoms with Gasteiger partial charge in [0.15, 0.2) is 11.2 Å². The van der Waals surface area contributed by atoms with Crippen molar-refractivity contribution in [3.05, 3.63) is 26.4 Å². The molecule has 7 nitrogen and oxygen atoms in total. The smallest absolute Gasteiger partial charge is 0.280 e. The quantitative estimate of drug-likeness (QED) is 0.570. The number of aryl methyl sites for hydroxylation is 1. The number of nitrogens with two attached hydrogens (primary N) is 1. The number of H-pyrrole nitrogens is 1. The lowest BCUT2D eigenvalue weighted by atomic mass is 10.4. The van der Waals surface area contributed by atoms with Crippen LogP contribution in [0.2, 0.25) is 0 Å². The summed E-state index contributed by atoms with van der Waals surface area (Å²) in [4.78, 5) is 33.1. The van der Waals surface area contributed by atoms with E-state index in [0.29, 0.717) is 0 Å². The largest absolute Gasteiger partial charge is 0.369 e. The maximum Gasteiger partial charge on any atom is 0.280 e. The van der Waals surface area contributed by atoms with Crippen LogP contribution in [0, 0.1) is 6.92 Å². The van der Waals surface area contributed by atoms with Crippen molar-refractivity contribution in [2.24, 2.45) is 7.05 Å². The van der Waals surface area contributed by atoms with E-state index in [0.717, 1.165) is 4.57 Å². The fourth-order valence-electron chi connectivity index (χ4n) is 1.21. The third kappa shape index (κ3) is 1.28. The Labute approximate surface area is 83.6 Å². The molecular weight excluding hydrogens is 198 g/mol. The normalized spacial score (nSPS) is 10.8. The lowest BCUT2D eigenvalue weighted by molar-refractivity contribution is 0.849. The molecule has 0 atom stereocenters.